The molecule has 9 heteroatoms. The summed E-state index contributed by atoms with van der Waals surface area (Å²) in [5, 5.41) is 25.2. The van der Waals surface area contributed by atoms with Gasteiger partial charge >= 0.3 is 0 Å². The Labute approximate surface area is 158 Å². The van der Waals surface area contributed by atoms with Crippen molar-refractivity contribution >= 4 is 34.4 Å². The first-order chi connectivity index (χ1) is 12.7. The fourth-order valence-corrected chi connectivity index (χ4v) is 4.00. The third-order valence-electron chi connectivity index (χ3n) is 3.88. The Bertz CT molecular complexity index is 906. The lowest BCUT2D eigenvalue weighted by atomic mass is 10.1. The molecule has 0 aliphatic heterocycles. The second kappa shape index (κ2) is 8.60. The Balaban J connectivity index is 1.37. The number of aromatic amines is 1. The van der Waals surface area contributed by atoms with Gasteiger partial charge in [-0.1, -0.05) is 6.42 Å². The highest BCUT2D eigenvalue weighted by atomic mass is 32.1. The number of thiazole rings is 1. The molecule has 0 fully saturated rings. The molecule has 7 nitrogen and oxygen atoms in total. The van der Waals surface area contributed by atoms with Crippen LogP contribution in [-0.2, 0) is 6.42 Å². The molecule has 3 aromatic heterocycles. The minimum absolute atomic E-state index is 0.143. The SMILES string of the molecule is N#Cc1c(N)n[nH]c1CCCCCNC(=O)c1csc(-c2ccsc2)n1. The molecule has 3 rings (SSSR count). The molecule has 0 spiro atoms. The maximum atomic E-state index is 12.1. The lowest BCUT2D eigenvalue weighted by Gasteiger charge is -2.03. The number of H-pyrrole nitrogens is 1. The molecular weight excluding hydrogens is 368 g/mol. The predicted octanol–water partition coefficient (Wildman–Crippen LogP) is 3.19. The number of aromatic nitrogens is 3. The van der Waals surface area contributed by atoms with Crippen LogP contribution in [0.15, 0.2) is 22.2 Å². The number of carbonyl (C=O) groups excluding carboxylic acids is 1. The standard InChI is InChI=1S/C17H18N6OS2/c18-8-12-13(22-23-15(12)19)4-2-1-3-6-20-16(24)14-10-26-17(21-14)11-5-7-25-9-11/h5,7,9-10H,1-4,6H2,(H,20,24)(H3,19,22,23). The number of nitrogens with one attached hydrogen (secondary N) is 2. The monoisotopic (exact) mass is 386 g/mol. The largest absolute Gasteiger partial charge is 0.381 e. The maximum Gasteiger partial charge on any atom is 0.270 e. The van der Waals surface area contributed by atoms with E-state index in [1.807, 2.05) is 16.8 Å². The lowest BCUT2D eigenvalue weighted by molar-refractivity contribution is 0.0948. The van der Waals surface area contributed by atoms with Crippen molar-refractivity contribution in [2.45, 2.75) is 25.7 Å². The van der Waals surface area contributed by atoms with Gasteiger partial charge in [-0.3, -0.25) is 9.89 Å². The summed E-state index contributed by atoms with van der Waals surface area (Å²) >= 11 is 3.09. The van der Waals surface area contributed by atoms with E-state index in [1.54, 1.807) is 16.7 Å². The van der Waals surface area contributed by atoms with E-state index in [1.165, 1.54) is 11.3 Å². The van der Waals surface area contributed by atoms with Crippen molar-refractivity contribution in [2.24, 2.45) is 0 Å². The fourth-order valence-electron chi connectivity index (χ4n) is 2.49. The summed E-state index contributed by atoms with van der Waals surface area (Å²) < 4.78 is 0. The first-order valence-corrected chi connectivity index (χ1v) is 10.0. The topological polar surface area (TPSA) is 120 Å². The smallest absolute Gasteiger partial charge is 0.270 e. The summed E-state index contributed by atoms with van der Waals surface area (Å²) in [5.74, 6) is 0.107. The quantitative estimate of drug-likeness (QED) is 0.513. The lowest BCUT2D eigenvalue weighted by Crippen LogP contribution is -2.24. The molecule has 0 aliphatic carbocycles. The Morgan fingerprint density at radius 3 is 3.00 bits per heavy atom. The summed E-state index contributed by atoms with van der Waals surface area (Å²) in [4.78, 5) is 16.5. The van der Waals surface area contributed by atoms with Gasteiger partial charge in [0.25, 0.3) is 5.91 Å². The highest BCUT2D eigenvalue weighted by Gasteiger charge is 2.12. The number of hydrogen-bond donors (Lipinski definition) is 3. The van der Waals surface area contributed by atoms with Crippen molar-refractivity contribution in [2.75, 3.05) is 12.3 Å². The van der Waals surface area contributed by atoms with Gasteiger partial charge in [-0.2, -0.15) is 21.7 Å². The summed E-state index contributed by atoms with van der Waals surface area (Å²) in [5.41, 5.74) is 8.33. The molecule has 134 valence electrons. The number of aryl methyl sites for hydroxylation is 1. The van der Waals surface area contributed by atoms with E-state index in [0.717, 1.165) is 41.9 Å². The van der Waals surface area contributed by atoms with Gasteiger partial charge in [0.2, 0.25) is 0 Å². The molecule has 0 aliphatic rings. The van der Waals surface area contributed by atoms with Crippen molar-refractivity contribution in [3.05, 3.63) is 39.2 Å². The van der Waals surface area contributed by atoms with Crippen molar-refractivity contribution in [3.8, 4) is 16.6 Å². The van der Waals surface area contributed by atoms with Gasteiger partial charge in [0, 0.05) is 22.9 Å². The second-order valence-electron chi connectivity index (χ2n) is 5.69. The van der Waals surface area contributed by atoms with Crippen LogP contribution in [0.1, 0.15) is 41.0 Å². The van der Waals surface area contributed by atoms with Crippen molar-refractivity contribution in [1.82, 2.24) is 20.5 Å². The van der Waals surface area contributed by atoms with Crippen LogP contribution < -0.4 is 11.1 Å². The number of nitriles is 1. The first kappa shape index (κ1) is 18.1. The van der Waals surface area contributed by atoms with E-state index in [4.69, 9.17) is 11.0 Å². The molecule has 3 heterocycles. The van der Waals surface area contributed by atoms with Gasteiger partial charge in [0.05, 0.1) is 5.69 Å². The van der Waals surface area contributed by atoms with Gasteiger partial charge in [-0.15, -0.1) is 11.3 Å². The Morgan fingerprint density at radius 1 is 1.35 bits per heavy atom. The summed E-state index contributed by atoms with van der Waals surface area (Å²) in [6.45, 7) is 0.598. The number of nitrogens with zero attached hydrogens (tertiary/aromatic N) is 3. The number of anilines is 1. The molecule has 3 aromatic rings. The fraction of sp³-hybridized carbons (Fsp3) is 0.294. The van der Waals surface area contributed by atoms with Gasteiger partial charge in [0.1, 0.15) is 22.3 Å². The molecule has 0 radical (unpaired) electrons. The van der Waals surface area contributed by atoms with E-state index >= 15 is 0 Å². The van der Waals surface area contributed by atoms with Crippen molar-refractivity contribution < 1.29 is 4.79 Å². The highest BCUT2D eigenvalue weighted by molar-refractivity contribution is 7.14. The van der Waals surface area contributed by atoms with Crippen LogP contribution in [0.25, 0.3) is 10.6 Å². The van der Waals surface area contributed by atoms with Crippen LogP contribution in [0.4, 0.5) is 5.82 Å². The van der Waals surface area contributed by atoms with Crippen LogP contribution in [-0.4, -0.2) is 27.6 Å². The molecule has 0 atom stereocenters. The van der Waals surface area contributed by atoms with Gasteiger partial charge < -0.3 is 11.1 Å². The highest BCUT2D eigenvalue weighted by Crippen LogP contribution is 2.25. The molecule has 0 bridgehead atoms. The summed E-state index contributed by atoms with van der Waals surface area (Å²) in [7, 11) is 0. The molecule has 4 N–H and O–H groups in total. The molecule has 26 heavy (non-hydrogen) atoms. The van der Waals surface area contributed by atoms with E-state index in [9.17, 15) is 4.79 Å². The van der Waals surface area contributed by atoms with E-state index < -0.39 is 0 Å². The van der Waals surface area contributed by atoms with Crippen molar-refractivity contribution in [3.63, 3.8) is 0 Å². The average molecular weight is 387 g/mol. The zero-order chi connectivity index (χ0) is 18.4. The van der Waals surface area contributed by atoms with Gasteiger partial charge in [0.15, 0.2) is 5.82 Å². The number of hydrogen-bond acceptors (Lipinski definition) is 7. The predicted molar refractivity (Wildman–Crippen MR) is 103 cm³/mol. The number of amides is 1. The number of thiophene rings is 1. The second-order valence-corrected chi connectivity index (χ2v) is 7.33. The number of nitrogens with two attached hydrogens (primary N) is 1. The van der Waals surface area contributed by atoms with Crippen LogP contribution in [0.5, 0.6) is 0 Å². The summed E-state index contributed by atoms with van der Waals surface area (Å²) in [6.07, 6.45) is 3.41. The van der Waals surface area contributed by atoms with Gasteiger partial charge in [-0.25, -0.2) is 4.98 Å². The Hall–Kier alpha value is -2.70. The van der Waals surface area contributed by atoms with Gasteiger partial charge in [-0.05, 0) is 30.7 Å². The number of carbonyl (C=O) groups is 1. The zero-order valence-corrected chi connectivity index (χ0v) is 15.6. The maximum absolute atomic E-state index is 12.1. The third-order valence-corrected chi connectivity index (χ3v) is 5.45. The summed E-state index contributed by atoms with van der Waals surface area (Å²) in [6, 6.07) is 4.06. The molecule has 0 aromatic carbocycles. The third kappa shape index (κ3) is 4.28. The molecule has 0 unspecified atom stereocenters. The van der Waals surface area contributed by atoms with Crippen LogP contribution >= 0.6 is 22.7 Å². The van der Waals surface area contributed by atoms with Crippen LogP contribution in [0, 0.1) is 11.3 Å². The van der Waals surface area contributed by atoms with Crippen LogP contribution in [0.3, 0.4) is 0 Å². The minimum atomic E-state index is -0.143. The number of nitrogen functional groups attached to an aromatic ring is 1. The van der Waals surface area contributed by atoms with E-state index in [2.05, 4.69) is 26.6 Å². The van der Waals surface area contributed by atoms with E-state index in [0.29, 0.717) is 17.8 Å². The zero-order valence-electron chi connectivity index (χ0n) is 14.0. The average Bonchev–Trinajstić information content (AvgIpc) is 3.37. The Kier molecular flexibility index (Phi) is 5.99. The molecule has 1 amide bonds. The normalized spacial score (nSPS) is 10.6. The molecule has 0 saturated carbocycles. The molecule has 0 saturated heterocycles. The first-order valence-electron chi connectivity index (χ1n) is 8.18. The Morgan fingerprint density at radius 2 is 2.23 bits per heavy atom. The van der Waals surface area contributed by atoms with E-state index in [-0.39, 0.29) is 11.7 Å². The van der Waals surface area contributed by atoms with Crippen LogP contribution in [0.2, 0.25) is 0 Å². The van der Waals surface area contributed by atoms with Crippen molar-refractivity contribution in [1.29, 1.82) is 5.26 Å². The number of unbranched alkanes of at least 4 members (excludes halogenated alkanes) is 2. The molecular formula is C17H18N6OS2. The number of rotatable bonds is 8. The minimum Gasteiger partial charge on any atom is -0.381 e.